The summed E-state index contributed by atoms with van der Waals surface area (Å²) in [5, 5.41) is 0. The topological polar surface area (TPSA) is 0 Å². The van der Waals surface area contributed by atoms with Gasteiger partial charge in [-0.25, -0.2) is 0 Å². The first-order valence-corrected chi connectivity index (χ1v) is 7.14. The zero-order chi connectivity index (χ0) is 9.68. The van der Waals surface area contributed by atoms with Gasteiger partial charge in [-0.3, -0.25) is 0 Å². The highest BCUT2D eigenvalue weighted by Crippen LogP contribution is 2.38. The van der Waals surface area contributed by atoms with Gasteiger partial charge in [0.1, 0.15) is 0 Å². The van der Waals surface area contributed by atoms with E-state index in [0.717, 1.165) is 11.8 Å². The lowest BCUT2D eigenvalue weighted by molar-refractivity contribution is 0.231. The monoisotopic (exact) mass is 216 g/mol. The molecule has 2 unspecified atom stereocenters. The molecule has 0 spiro atoms. The van der Waals surface area contributed by atoms with Crippen molar-refractivity contribution in [2.24, 2.45) is 11.8 Å². The summed E-state index contributed by atoms with van der Waals surface area (Å²) >= 11 is 4.19. The van der Waals surface area contributed by atoms with Crippen molar-refractivity contribution in [3.05, 3.63) is 11.5 Å². The Kier molecular flexibility index (Phi) is 5.34. The minimum absolute atomic E-state index is 0.894. The Labute approximate surface area is 91.4 Å². The van der Waals surface area contributed by atoms with Gasteiger partial charge in [0, 0.05) is 0 Å². The highest BCUT2D eigenvalue weighted by atomic mass is 33.1. The van der Waals surface area contributed by atoms with Crippen LogP contribution in [0.4, 0.5) is 0 Å². The molecule has 76 valence electrons. The maximum Gasteiger partial charge on any atom is -0.0113 e. The van der Waals surface area contributed by atoms with Crippen LogP contribution < -0.4 is 0 Å². The number of hydrogen-bond donors (Lipinski definition) is 1. The molecule has 0 aromatic carbocycles. The third-order valence-electron chi connectivity index (χ3n) is 3.21. The third kappa shape index (κ3) is 3.59. The number of allylic oxidation sites excluding steroid dienone is 1. The first-order valence-electron chi connectivity index (χ1n) is 5.27. The van der Waals surface area contributed by atoms with Crippen LogP contribution in [-0.2, 0) is 0 Å². The second kappa shape index (κ2) is 6.02. The summed E-state index contributed by atoms with van der Waals surface area (Å²) in [4.78, 5) is 1.24. The Balaban J connectivity index is 2.40. The van der Waals surface area contributed by atoms with Gasteiger partial charge in [-0.15, -0.1) is 11.7 Å². The highest BCUT2D eigenvalue weighted by Gasteiger charge is 2.23. The molecule has 13 heavy (non-hydrogen) atoms. The quantitative estimate of drug-likeness (QED) is 0.525. The van der Waals surface area contributed by atoms with Crippen molar-refractivity contribution in [3.63, 3.8) is 0 Å². The average Bonchev–Trinajstić information content (AvgIpc) is 2.18. The lowest BCUT2D eigenvalue weighted by atomic mass is 9.76. The number of rotatable bonds is 4. The molecule has 0 nitrogen and oxygen atoms in total. The Morgan fingerprint density at radius 1 is 1.38 bits per heavy atom. The van der Waals surface area contributed by atoms with Gasteiger partial charge in [0.25, 0.3) is 0 Å². The van der Waals surface area contributed by atoms with Crippen LogP contribution >= 0.6 is 22.5 Å². The Morgan fingerprint density at radius 2 is 2.00 bits per heavy atom. The fraction of sp³-hybridized carbons (Fsp3) is 0.818. The smallest absolute Gasteiger partial charge is 0.0113 e. The van der Waals surface area contributed by atoms with Crippen LogP contribution in [0.3, 0.4) is 0 Å². The molecular formula is C11H20S2. The van der Waals surface area contributed by atoms with Crippen LogP contribution in [0.15, 0.2) is 11.5 Å². The molecule has 1 saturated carbocycles. The van der Waals surface area contributed by atoms with E-state index in [2.05, 4.69) is 25.2 Å². The summed E-state index contributed by atoms with van der Waals surface area (Å²) < 4.78 is 0. The van der Waals surface area contributed by atoms with Gasteiger partial charge < -0.3 is 0 Å². The van der Waals surface area contributed by atoms with E-state index in [1.807, 2.05) is 0 Å². The predicted molar refractivity (Wildman–Crippen MR) is 66.1 cm³/mol. The van der Waals surface area contributed by atoms with Crippen LogP contribution in [0.25, 0.3) is 0 Å². The Bertz CT molecular complexity index is 165. The fourth-order valence-corrected chi connectivity index (χ4v) is 2.93. The first kappa shape index (κ1) is 11.5. The van der Waals surface area contributed by atoms with Gasteiger partial charge in [-0.1, -0.05) is 50.0 Å². The molecule has 1 aliphatic carbocycles. The molecule has 2 heteroatoms. The minimum Gasteiger partial charge on any atom is -0.106 e. The van der Waals surface area contributed by atoms with E-state index in [-0.39, 0.29) is 0 Å². The normalized spacial score (nSPS) is 28.8. The summed E-state index contributed by atoms with van der Waals surface area (Å²) in [5.41, 5.74) is 0. The lowest BCUT2D eigenvalue weighted by Crippen LogP contribution is -2.18. The van der Waals surface area contributed by atoms with Crippen LogP contribution in [-0.4, -0.2) is 0 Å². The second-order valence-electron chi connectivity index (χ2n) is 4.05. The molecular weight excluding hydrogens is 196 g/mol. The van der Waals surface area contributed by atoms with Crippen molar-refractivity contribution < 1.29 is 0 Å². The first-order chi connectivity index (χ1) is 6.27. The van der Waals surface area contributed by atoms with Crippen LogP contribution in [0.5, 0.6) is 0 Å². The minimum atomic E-state index is 0.894. The van der Waals surface area contributed by atoms with E-state index >= 15 is 0 Å². The van der Waals surface area contributed by atoms with Crippen LogP contribution in [0.1, 0.15) is 45.4 Å². The van der Waals surface area contributed by atoms with Gasteiger partial charge in [0.05, 0.1) is 0 Å². The van der Waals surface area contributed by atoms with Crippen molar-refractivity contribution in [3.8, 4) is 0 Å². The van der Waals surface area contributed by atoms with E-state index in [0.29, 0.717) is 0 Å². The van der Waals surface area contributed by atoms with E-state index in [1.54, 1.807) is 0 Å². The summed E-state index contributed by atoms with van der Waals surface area (Å²) in [6, 6.07) is 0. The molecule has 0 aromatic heterocycles. The van der Waals surface area contributed by atoms with Gasteiger partial charge >= 0.3 is 0 Å². The molecule has 0 aliphatic heterocycles. The van der Waals surface area contributed by atoms with Crippen molar-refractivity contribution in [2.45, 2.75) is 45.4 Å². The van der Waals surface area contributed by atoms with Crippen molar-refractivity contribution in [1.29, 1.82) is 0 Å². The van der Waals surface area contributed by atoms with Crippen LogP contribution in [0.2, 0.25) is 0 Å². The molecule has 0 bridgehead atoms. The molecule has 0 aromatic rings. The SMILES string of the molecule is C=C(CC1CCCCC1CC)SS. The zero-order valence-corrected chi connectivity index (χ0v) is 10.2. The largest absolute Gasteiger partial charge is 0.106 e. The summed E-state index contributed by atoms with van der Waals surface area (Å²) in [5.74, 6) is 1.84. The van der Waals surface area contributed by atoms with Crippen molar-refractivity contribution in [1.82, 2.24) is 0 Å². The maximum absolute atomic E-state index is 4.19. The summed E-state index contributed by atoms with van der Waals surface area (Å²) in [7, 11) is 1.53. The van der Waals surface area contributed by atoms with E-state index in [4.69, 9.17) is 0 Å². The maximum atomic E-state index is 4.19. The van der Waals surface area contributed by atoms with Gasteiger partial charge in [0.2, 0.25) is 0 Å². The zero-order valence-electron chi connectivity index (χ0n) is 8.46. The third-order valence-corrected chi connectivity index (χ3v) is 4.41. The van der Waals surface area contributed by atoms with E-state index in [1.165, 1.54) is 54.2 Å². The van der Waals surface area contributed by atoms with E-state index < -0.39 is 0 Å². The van der Waals surface area contributed by atoms with E-state index in [9.17, 15) is 0 Å². The molecule has 0 saturated heterocycles. The van der Waals surface area contributed by atoms with Crippen molar-refractivity contribution in [2.75, 3.05) is 0 Å². The average molecular weight is 216 g/mol. The lowest BCUT2D eigenvalue weighted by Gasteiger charge is -2.31. The highest BCUT2D eigenvalue weighted by molar-refractivity contribution is 8.70. The molecule has 2 atom stereocenters. The number of thiol groups is 1. The van der Waals surface area contributed by atoms with Gasteiger partial charge in [-0.2, -0.15) is 0 Å². The van der Waals surface area contributed by atoms with Crippen molar-refractivity contribution >= 4 is 22.5 Å². The molecule has 0 heterocycles. The van der Waals surface area contributed by atoms with Gasteiger partial charge in [0.15, 0.2) is 0 Å². The molecule has 1 fully saturated rings. The molecule has 0 N–H and O–H groups in total. The van der Waals surface area contributed by atoms with Crippen LogP contribution in [0, 0.1) is 11.8 Å². The molecule has 1 aliphatic rings. The summed E-state index contributed by atoms with van der Waals surface area (Å²) in [6.45, 7) is 6.34. The second-order valence-corrected chi connectivity index (χ2v) is 5.35. The standard InChI is InChI=1S/C11H20S2/c1-3-10-6-4-5-7-11(10)8-9(2)13-12/h10-12H,2-8H2,1H3. The predicted octanol–water partition coefficient (Wildman–Crippen LogP) is 4.68. The fourth-order valence-electron chi connectivity index (χ4n) is 2.42. The Hall–Kier alpha value is 0.440. The molecule has 0 radical (unpaired) electrons. The number of hydrogen-bond acceptors (Lipinski definition) is 2. The molecule has 1 rings (SSSR count). The Morgan fingerprint density at radius 3 is 2.54 bits per heavy atom. The summed E-state index contributed by atoms with van der Waals surface area (Å²) in [6.07, 6.45) is 8.24. The van der Waals surface area contributed by atoms with Gasteiger partial charge in [-0.05, 0) is 29.6 Å². The molecule has 0 amide bonds.